The first-order valence-electron chi connectivity index (χ1n) is 0.577. The molecule has 2 N–H and O–H groups in total. The minimum atomic E-state index is 0. The van der Waals surface area contributed by atoms with Crippen LogP contribution in [0.15, 0.2) is 0 Å². The van der Waals surface area contributed by atoms with Crippen LogP contribution in [-0.4, -0.2) is 103 Å². The van der Waals surface area contributed by atoms with Crippen molar-refractivity contribution < 1.29 is 0 Å². The zero-order valence-electron chi connectivity index (χ0n) is 3.83. The van der Waals surface area contributed by atoms with Gasteiger partial charge in [-0.05, 0) is 7.05 Å². The minimum absolute atomic E-state index is 0. The molecule has 0 fully saturated rings. The Hall–Kier alpha value is 4.14. The normalized spacial score (nSPS) is 1.00. The van der Waals surface area contributed by atoms with Crippen LogP contribution in [0.4, 0.5) is 0 Å². The molecule has 0 spiro atoms. The zero-order valence-corrected chi connectivity index (χ0v) is 17.7. The van der Waals surface area contributed by atoms with E-state index in [0.717, 1.165) is 0 Å². The van der Waals surface area contributed by atoms with Crippen molar-refractivity contribution in [2.45, 2.75) is 0 Å². The van der Waals surface area contributed by atoms with E-state index in [1.807, 2.05) is 0 Å². The quantitative estimate of drug-likeness (QED) is 0.330. The van der Waals surface area contributed by atoms with E-state index in [9.17, 15) is 0 Å². The van der Waals surface area contributed by atoms with E-state index in [0.29, 0.717) is 0 Å². The molecule has 1 nitrogen and oxygen atoms in total. The zero-order chi connectivity index (χ0) is 2.00. The van der Waals surface area contributed by atoms with Crippen molar-refractivity contribution >= 4 is 137 Å². The van der Waals surface area contributed by atoms with Crippen LogP contribution in [0.3, 0.4) is 0 Å². The Balaban J connectivity index is -0.000000000833. The van der Waals surface area contributed by atoms with Crippen molar-refractivity contribution in [2.75, 3.05) is 7.05 Å². The molecular weight excluding hydrogens is 573 g/mol. The van der Waals surface area contributed by atoms with Gasteiger partial charge in [0.05, 0.1) is 0 Å². The van der Waals surface area contributed by atoms with E-state index in [4.69, 9.17) is 0 Å². The maximum atomic E-state index is 4.50. The van der Waals surface area contributed by atoms with E-state index in [1.165, 1.54) is 7.05 Å². The number of hydrogen-bond acceptors (Lipinski definition) is 1. The van der Waals surface area contributed by atoms with Gasteiger partial charge in [0.25, 0.3) is 0 Å². The number of rotatable bonds is 0. The Bertz CT molecular complexity index is 15.5. The molecular formula is CH5BrCsINPb. The van der Waals surface area contributed by atoms with Crippen molar-refractivity contribution in [3.8, 4) is 0 Å². The third kappa shape index (κ3) is 24.2. The van der Waals surface area contributed by atoms with E-state index >= 15 is 0 Å². The van der Waals surface area contributed by atoms with Gasteiger partial charge >= 0.3 is 0 Å². The van der Waals surface area contributed by atoms with Crippen LogP contribution in [0, 0.1) is 0 Å². The summed E-state index contributed by atoms with van der Waals surface area (Å²) in [5.74, 6) is 0. The van der Waals surface area contributed by atoms with Crippen molar-refractivity contribution in [3.05, 3.63) is 0 Å². The van der Waals surface area contributed by atoms with Gasteiger partial charge in [0.15, 0.2) is 0 Å². The van der Waals surface area contributed by atoms with Crippen LogP contribution in [0.1, 0.15) is 0 Å². The SMILES string of the molecule is CN.[Br].[Cs].[I].[Pb]. The fourth-order valence-electron chi connectivity index (χ4n) is 0. The molecule has 0 amide bonds. The first-order valence-corrected chi connectivity index (χ1v) is 0.577. The molecule has 0 aliphatic heterocycles. The Morgan fingerprint density at radius 1 is 1.17 bits per heavy atom. The Morgan fingerprint density at radius 3 is 1.17 bits per heavy atom. The fourth-order valence-corrected chi connectivity index (χ4v) is 0. The third-order valence-electron chi connectivity index (χ3n) is 0. The predicted molar refractivity (Wildman–Crippen MR) is 44.6 cm³/mol. The fraction of sp³-hybridized carbons (Fsp3) is 1.00. The van der Waals surface area contributed by atoms with Crippen LogP contribution in [0.2, 0.25) is 0 Å². The Kier molecular flexibility index (Phi) is 189. The van der Waals surface area contributed by atoms with Gasteiger partial charge in [-0.1, -0.05) is 0 Å². The van der Waals surface area contributed by atoms with Crippen LogP contribution in [-0.2, 0) is 0 Å². The third-order valence-corrected chi connectivity index (χ3v) is 0. The van der Waals surface area contributed by atoms with Crippen LogP contribution >= 0.6 is 41.0 Å². The predicted octanol–water partition coefficient (Wildman–Crippen LogP) is 0.545. The average Bonchev–Trinajstić information content (AvgIpc) is 1.00. The summed E-state index contributed by atoms with van der Waals surface area (Å²) in [6, 6.07) is 0. The van der Waals surface area contributed by atoms with Gasteiger partial charge in [-0.15, -0.1) is 0 Å². The van der Waals surface area contributed by atoms with Gasteiger partial charge in [0.2, 0.25) is 0 Å². The average molecular weight is 578 g/mol. The molecule has 33 valence electrons. The molecule has 0 rings (SSSR count). The molecule has 0 aliphatic rings. The van der Waals surface area contributed by atoms with Crippen molar-refractivity contribution in [2.24, 2.45) is 5.73 Å². The van der Waals surface area contributed by atoms with Gasteiger partial charge in [0.1, 0.15) is 0 Å². The molecule has 0 aromatic carbocycles. The molecule has 0 bridgehead atoms. The molecule has 0 unspecified atom stereocenters. The van der Waals surface area contributed by atoms with Gasteiger partial charge < -0.3 is 5.73 Å². The second kappa shape index (κ2) is 35.3. The maximum Gasteiger partial charge on any atom is 0 e. The number of hydrogen-bond donors (Lipinski definition) is 1. The standard InChI is InChI=1S/CH5N.Br.Cs.I.Pb/c1-2;;;;/h2H2,1H3;;;;. The topological polar surface area (TPSA) is 26.0 Å². The summed E-state index contributed by atoms with van der Waals surface area (Å²) in [6.07, 6.45) is 0. The molecule has 0 saturated carbocycles. The smallest absolute Gasteiger partial charge is 0 e. The van der Waals surface area contributed by atoms with E-state index in [1.54, 1.807) is 0 Å². The maximum absolute atomic E-state index is 4.50. The second-order valence-corrected chi connectivity index (χ2v) is 0. The number of nitrogens with two attached hydrogens (primary N) is 1. The molecule has 5 heteroatoms. The molecule has 7 radical (unpaired) electrons. The summed E-state index contributed by atoms with van der Waals surface area (Å²) in [5.41, 5.74) is 4.50. The van der Waals surface area contributed by atoms with E-state index in [2.05, 4.69) is 5.73 Å². The summed E-state index contributed by atoms with van der Waals surface area (Å²) in [7, 11) is 1.50. The summed E-state index contributed by atoms with van der Waals surface area (Å²) in [5, 5.41) is 0. The van der Waals surface area contributed by atoms with Crippen LogP contribution in [0.5, 0.6) is 0 Å². The van der Waals surface area contributed by atoms with E-state index < -0.39 is 0 Å². The molecule has 0 aromatic rings. The summed E-state index contributed by atoms with van der Waals surface area (Å²) in [6.45, 7) is 0. The van der Waals surface area contributed by atoms with Crippen LogP contribution in [0.25, 0.3) is 0 Å². The number of halogens is 2. The first kappa shape index (κ1) is 32.1. The van der Waals surface area contributed by atoms with Gasteiger partial charge in [-0.3, -0.25) is 0 Å². The molecule has 0 aliphatic carbocycles. The Morgan fingerprint density at radius 2 is 1.17 bits per heavy atom. The van der Waals surface area contributed by atoms with Crippen molar-refractivity contribution in [1.29, 1.82) is 0 Å². The first-order chi connectivity index (χ1) is 1.00. The van der Waals surface area contributed by atoms with Gasteiger partial charge in [0, 0.05) is 137 Å². The van der Waals surface area contributed by atoms with Crippen molar-refractivity contribution in [3.63, 3.8) is 0 Å². The Labute approximate surface area is 145 Å². The summed E-state index contributed by atoms with van der Waals surface area (Å²) >= 11 is 0. The molecule has 0 atom stereocenters. The van der Waals surface area contributed by atoms with E-state index in [-0.39, 0.29) is 137 Å². The van der Waals surface area contributed by atoms with Crippen molar-refractivity contribution in [1.82, 2.24) is 0 Å². The summed E-state index contributed by atoms with van der Waals surface area (Å²) in [4.78, 5) is 0. The largest absolute Gasteiger partial charge is 0.333 e. The molecule has 6 heavy (non-hydrogen) atoms. The minimum Gasteiger partial charge on any atom is -0.333 e. The molecule has 0 aromatic heterocycles. The van der Waals surface area contributed by atoms with Crippen LogP contribution < -0.4 is 5.73 Å². The van der Waals surface area contributed by atoms with Gasteiger partial charge in [-0.2, -0.15) is 0 Å². The summed E-state index contributed by atoms with van der Waals surface area (Å²) < 4.78 is 0. The second-order valence-electron chi connectivity index (χ2n) is 0. The molecule has 0 saturated heterocycles. The monoisotopic (exact) mass is 578 g/mol. The van der Waals surface area contributed by atoms with Gasteiger partial charge in [-0.25, -0.2) is 0 Å². The molecule has 0 heterocycles.